The highest BCUT2D eigenvalue weighted by molar-refractivity contribution is 5.77. The molecule has 0 bridgehead atoms. The molecule has 0 aromatic heterocycles. The Morgan fingerprint density at radius 1 is 0.463 bits per heavy atom. The normalized spacial score (nSPS) is 13.8. The van der Waals surface area contributed by atoms with E-state index in [1.807, 2.05) is 0 Å². The second kappa shape index (κ2) is 54.0. The number of amides is 1. The van der Waals surface area contributed by atoms with Crippen molar-refractivity contribution in [3.05, 3.63) is 85.1 Å². The number of allylic oxidation sites excluding steroid dienone is 14. The third kappa shape index (κ3) is 49.3. The van der Waals surface area contributed by atoms with E-state index in [0.717, 1.165) is 77.0 Å². The predicted molar refractivity (Wildman–Crippen MR) is 291 cm³/mol. The first-order valence-corrected chi connectivity index (χ1v) is 28.3. The van der Waals surface area contributed by atoms with Crippen molar-refractivity contribution in [3.63, 3.8) is 0 Å². The van der Waals surface area contributed by atoms with Crippen LogP contribution in [-0.2, 0) is 14.3 Å². The molecule has 3 N–H and O–H groups in total. The van der Waals surface area contributed by atoms with Crippen LogP contribution in [0.5, 0.6) is 0 Å². The number of carbonyl (C=O) groups excluding carboxylic acids is 2. The maximum Gasteiger partial charge on any atom is 0.306 e. The minimum absolute atomic E-state index is 0.0188. The molecule has 0 heterocycles. The highest BCUT2D eigenvalue weighted by atomic mass is 16.5. The maximum absolute atomic E-state index is 13.2. The highest BCUT2D eigenvalue weighted by Crippen LogP contribution is 2.17. The minimum Gasteiger partial charge on any atom is -0.462 e. The van der Waals surface area contributed by atoms with E-state index in [9.17, 15) is 19.8 Å². The zero-order valence-electron chi connectivity index (χ0n) is 44.0. The molecule has 6 heteroatoms. The van der Waals surface area contributed by atoms with Crippen LogP contribution in [0.1, 0.15) is 265 Å². The first kappa shape index (κ1) is 64.0. The van der Waals surface area contributed by atoms with Crippen molar-refractivity contribution in [2.45, 2.75) is 283 Å². The number of aliphatic hydroxyl groups excluding tert-OH is 2. The molecule has 386 valence electrons. The molecule has 1 amide bonds. The Bertz CT molecular complexity index is 1280. The Morgan fingerprint density at radius 2 is 0.866 bits per heavy atom. The molecular weight excluding hydrogens is 827 g/mol. The van der Waals surface area contributed by atoms with Gasteiger partial charge >= 0.3 is 5.97 Å². The quantitative estimate of drug-likeness (QED) is 0.0244. The summed E-state index contributed by atoms with van der Waals surface area (Å²) < 4.78 is 5.89. The van der Waals surface area contributed by atoms with Crippen LogP contribution < -0.4 is 5.32 Å². The van der Waals surface area contributed by atoms with E-state index in [0.29, 0.717) is 25.7 Å². The number of carbonyl (C=O) groups is 2. The van der Waals surface area contributed by atoms with Gasteiger partial charge in [-0.05, 0) is 83.5 Å². The summed E-state index contributed by atoms with van der Waals surface area (Å²) in [4.78, 5) is 26.2. The van der Waals surface area contributed by atoms with Crippen LogP contribution >= 0.6 is 0 Å². The molecule has 0 rings (SSSR count). The molecule has 6 nitrogen and oxygen atoms in total. The Hall–Kier alpha value is -2.96. The van der Waals surface area contributed by atoms with E-state index in [1.165, 1.54) is 135 Å². The summed E-state index contributed by atoms with van der Waals surface area (Å²) in [6.45, 7) is 6.35. The van der Waals surface area contributed by atoms with E-state index in [1.54, 1.807) is 0 Å². The van der Waals surface area contributed by atoms with Gasteiger partial charge in [-0.3, -0.25) is 9.59 Å². The molecule has 0 aliphatic carbocycles. The second-order valence-corrected chi connectivity index (χ2v) is 19.0. The molecule has 0 saturated carbocycles. The molecule has 0 fully saturated rings. The average Bonchev–Trinajstić information content (AvgIpc) is 3.32. The third-order valence-corrected chi connectivity index (χ3v) is 12.5. The summed E-state index contributed by atoms with van der Waals surface area (Å²) in [6, 6.07) is -0.732. The third-order valence-electron chi connectivity index (χ3n) is 12.5. The molecule has 0 saturated heterocycles. The van der Waals surface area contributed by atoms with E-state index >= 15 is 0 Å². The first-order valence-electron chi connectivity index (χ1n) is 28.3. The van der Waals surface area contributed by atoms with Gasteiger partial charge in [0.25, 0.3) is 0 Å². The van der Waals surface area contributed by atoms with Crippen LogP contribution in [0.4, 0.5) is 0 Å². The molecule has 67 heavy (non-hydrogen) atoms. The highest BCUT2D eigenvalue weighted by Gasteiger charge is 2.24. The largest absolute Gasteiger partial charge is 0.462 e. The first-order chi connectivity index (χ1) is 33.0. The fourth-order valence-corrected chi connectivity index (χ4v) is 8.23. The summed E-state index contributed by atoms with van der Waals surface area (Å²) in [5.41, 5.74) is 0. The number of unbranched alkanes of at least 4 members (excludes halogenated alkanes) is 25. The molecule has 0 aliphatic heterocycles. The van der Waals surface area contributed by atoms with Gasteiger partial charge in [0.15, 0.2) is 0 Å². The lowest BCUT2D eigenvalue weighted by atomic mass is 10.0. The van der Waals surface area contributed by atoms with Gasteiger partial charge in [0.05, 0.1) is 25.2 Å². The van der Waals surface area contributed by atoms with Crippen LogP contribution in [0.2, 0.25) is 0 Å². The Kier molecular flexibility index (Phi) is 51.6. The minimum atomic E-state index is -0.814. The summed E-state index contributed by atoms with van der Waals surface area (Å²) in [6.07, 6.45) is 70.9. The zero-order chi connectivity index (χ0) is 48.8. The number of hydrogen-bond donors (Lipinski definition) is 3. The Labute approximate surface area is 414 Å². The van der Waals surface area contributed by atoms with Crippen LogP contribution in [0.25, 0.3) is 0 Å². The van der Waals surface area contributed by atoms with Gasteiger partial charge in [-0.1, -0.05) is 254 Å². The van der Waals surface area contributed by atoms with Crippen LogP contribution in [0, 0.1) is 0 Å². The van der Waals surface area contributed by atoms with Gasteiger partial charge in [-0.2, -0.15) is 0 Å². The smallest absolute Gasteiger partial charge is 0.306 e. The molecule has 0 aromatic carbocycles. The summed E-state index contributed by atoms with van der Waals surface area (Å²) in [5, 5.41) is 23.8. The number of esters is 1. The SMILES string of the molecule is CC/C=C\C/C=C\C/C=C\C/C=C\C/C=C\CCCC(=O)OC(CCC/C=C/C=C/CCCCCCCCC)CC(=O)NC(CO)C(O)CCCCCCCCCCCCCCCCCCC. The Morgan fingerprint density at radius 3 is 1.33 bits per heavy atom. The lowest BCUT2D eigenvalue weighted by Gasteiger charge is -2.24. The van der Waals surface area contributed by atoms with E-state index in [2.05, 4.69) is 111 Å². The van der Waals surface area contributed by atoms with E-state index < -0.39 is 18.2 Å². The number of aliphatic hydroxyl groups is 2. The van der Waals surface area contributed by atoms with Crippen molar-refractivity contribution in [2.75, 3.05) is 6.61 Å². The molecule has 0 aliphatic rings. The van der Waals surface area contributed by atoms with Crippen molar-refractivity contribution in [2.24, 2.45) is 0 Å². The molecule has 0 aromatic rings. The summed E-state index contributed by atoms with van der Waals surface area (Å²) >= 11 is 0. The van der Waals surface area contributed by atoms with Crippen molar-refractivity contribution >= 4 is 11.9 Å². The van der Waals surface area contributed by atoms with Gasteiger partial charge < -0.3 is 20.3 Å². The molecular formula is C61H107NO5. The van der Waals surface area contributed by atoms with Gasteiger partial charge in [-0.15, -0.1) is 0 Å². The van der Waals surface area contributed by atoms with E-state index in [4.69, 9.17) is 4.74 Å². The van der Waals surface area contributed by atoms with Gasteiger partial charge in [-0.25, -0.2) is 0 Å². The lowest BCUT2D eigenvalue weighted by molar-refractivity contribution is -0.151. The van der Waals surface area contributed by atoms with Crippen LogP contribution in [0.15, 0.2) is 85.1 Å². The van der Waals surface area contributed by atoms with Gasteiger partial charge in [0.1, 0.15) is 6.10 Å². The standard InChI is InChI=1S/C61H107NO5/c1-4-7-10-13-16-19-22-25-28-30-32-35-38-41-44-47-50-53-59(64)58(56-63)62-60(65)55-57(52-49-46-43-40-37-34-27-24-21-18-15-12-9-6-3)67-61(66)54-51-48-45-42-39-36-33-31-29-26-23-20-17-14-11-8-5-2/h8,11,17,20,26,29,33-34,36-37,40,42-43,45,57-59,63-64H,4-7,9-10,12-16,18-19,21-25,27-28,30-32,35,38-39,41,44,46-56H2,1-3H3,(H,62,65)/b11-8-,20-17-,29-26-,36-33-,37-34+,43-40+,45-42-. The van der Waals surface area contributed by atoms with Crippen LogP contribution in [0.3, 0.4) is 0 Å². The van der Waals surface area contributed by atoms with E-state index in [-0.39, 0.29) is 24.9 Å². The molecule has 3 atom stereocenters. The fourth-order valence-electron chi connectivity index (χ4n) is 8.23. The topological polar surface area (TPSA) is 95.9 Å². The van der Waals surface area contributed by atoms with Gasteiger partial charge in [0.2, 0.25) is 5.91 Å². The van der Waals surface area contributed by atoms with Crippen LogP contribution in [-0.4, -0.2) is 46.9 Å². The lowest BCUT2D eigenvalue weighted by Crippen LogP contribution is -2.46. The van der Waals surface area contributed by atoms with Crippen molar-refractivity contribution < 1.29 is 24.5 Å². The van der Waals surface area contributed by atoms with Crippen molar-refractivity contribution in [1.82, 2.24) is 5.32 Å². The molecule has 3 unspecified atom stereocenters. The van der Waals surface area contributed by atoms with Crippen molar-refractivity contribution in [3.8, 4) is 0 Å². The van der Waals surface area contributed by atoms with Crippen molar-refractivity contribution in [1.29, 1.82) is 0 Å². The zero-order valence-corrected chi connectivity index (χ0v) is 44.0. The molecule has 0 radical (unpaired) electrons. The fraction of sp³-hybridized carbons (Fsp3) is 0.738. The predicted octanol–water partition coefficient (Wildman–Crippen LogP) is 17.5. The van der Waals surface area contributed by atoms with Gasteiger partial charge in [0, 0.05) is 6.42 Å². The summed E-state index contributed by atoms with van der Waals surface area (Å²) in [5.74, 6) is -0.590. The monoisotopic (exact) mass is 934 g/mol. The maximum atomic E-state index is 13.2. The average molecular weight is 935 g/mol. The number of hydrogen-bond acceptors (Lipinski definition) is 5. The number of nitrogens with one attached hydrogen (secondary N) is 1. The number of ether oxygens (including phenoxy) is 1. The Balaban J connectivity index is 4.67. The second-order valence-electron chi connectivity index (χ2n) is 19.0. The molecule has 0 spiro atoms. The number of rotatable bonds is 50. The summed E-state index contributed by atoms with van der Waals surface area (Å²) in [7, 11) is 0.